The van der Waals surface area contributed by atoms with E-state index in [9.17, 15) is 0 Å². The molecule has 2 aromatic rings. The maximum atomic E-state index is 4.64. The molecule has 2 aromatic heterocycles. The van der Waals surface area contributed by atoms with Gasteiger partial charge in [0.2, 0.25) is 0 Å². The van der Waals surface area contributed by atoms with Crippen molar-refractivity contribution in [3.05, 3.63) is 28.5 Å². The third-order valence-corrected chi connectivity index (χ3v) is 5.85. The molecule has 2 aliphatic rings. The fourth-order valence-electron chi connectivity index (χ4n) is 3.26. The van der Waals surface area contributed by atoms with Crippen LogP contribution in [0.3, 0.4) is 0 Å². The molecule has 4 rings (SSSR count). The van der Waals surface area contributed by atoms with E-state index in [0.29, 0.717) is 6.04 Å². The monoisotopic (exact) mass is 303 g/mol. The van der Waals surface area contributed by atoms with E-state index in [1.807, 2.05) is 22.2 Å². The smallest absolute Gasteiger partial charge is 0.0959 e. The van der Waals surface area contributed by atoms with Gasteiger partial charge in [0.15, 0.2) is 0 Å². The van der Waals surface area contributed by atoms with Crippen molar-refractivity contribution in [1.29, 1.82) is 0 Å². The van der Waals surface area contributed by atoms with E-state index in [0.717, 1.165) is 19.0 Å². The first-order valence-electron chi connectivity index (χ1n) is 7.91. The Morgan fingerprint density at radius 2 is 2.19 bits per heavy atom. The van der Waals surface area contributed by atoms with Gasteiger partial charge in [-0.15, -0.1) is 16.4 Å². The predicted molar refractivity (Wildman–Crippen MR) is 82.3 cm³/mol. The lowest BCUT2D eigenvalue weighted by molar-refractivity contribution is 0.163. The molecule has 0 spiro atoms. The quantitative estimate of drug-likeness (QED) is 0.871. The Bertz CT molecular complexity index is 575. The summed E-state index contributed by atoms with van der Waals surface area (Å²) in [5, 5.41) is 9.45. The van der Waals surface area contributed by atoms with Gasteiger partial charge in [-0.1, -0.05) is 11.6 Å². The number of aromatic nitrogens is 4. The van der Waals surface area contributed by atoms with Gasteiger partial charge >= 0.3 is 0 Å². The minimum Gasteiger partial charge on any atom is -0.296 e. The highest BCUT2D eigenvalue weighted by molar-refractivity contribution is 7.11. The number of piperidine rings is 1. The van der Waals surface area contributed by atoms with Crippen LogP contribution in [0.25, 0.3) is 0 Å². The standard InChI is InChI=1S/C15H21N5S/c1-3-12(4-1)15-16-9-14(21-15)11-19-7-2-5-13(10-19)20-8-6-17-18-20/h6,8-9,12-13H,1-5,7,10-11H2. The Morgan fingerprint density at radius 3 is 2.95 bits per heavy atom. The first-order valence-corrected chi connectivity index (χ1v) is 8.73. The summed E-state index contributed by atoms with van der Waals surface area (Å²) in [4.78, 5) is 8.59. The van der Waals surface area contributed by atoms with Crippen molar-refractivity contribution in [1.82, 2.24) is 24.9 Å². The molecule has 2 fully saturated rings. The van der Waals surface area contributed by atoms with Crippen molar-refractivity contribution < 1.29 is 0 Å². The predicted octanol–water partition coefficient (Wildman–Crippen LogP) is 2.84. The number of nitrogens with zero attached hydrogens (tertiary/aromatic N) is 5. The van der Waals surface area contributed by atoms with E-state index in [2.05, 4.69) is 26.4 Å². The van der Waals surface area contributed by atoms with Crippen LogP contribution in [0.5, 0.6) is 0 Å². The SMILES string of the molecule is c1cn(C2CCCN(Cc3cnc(C4CCC4)s3)C2)nn1. The summed E-state index contributed by atoms with van der Waals surface area (Å²) in [6, 6.07) is 0.472. The first-order chi connectivity index (χ1) is 10.4. The number of likely N-dealkylation sites (tertiary alicyclic amines) is 1. The summed E-state index contributed by atoms with van der Waals surface area (Å²) in [6.45, 7) is 3.29. The summed E-state index contributed by atoms with van der Waals surface area (Å²) >= 11 is 1.92. The molecule has 0 bridgehead atoms. The van der Waals surface area contributed by atoms with Gasteiger partial charge in [-0.25, -0.2) is 9.67 Å². The molecule has 1 aliphatic carbocycles. The molecule has 0 radical (unpaired) electrons. The highest BCUT2D eigenvalue weighted by atomic mass is 32.1. The minimum absolute atomic E-state index is 0.472. The van der Waals surface area contributed by atoms with Crippen LogP contribution in [-0.2, 0) is 6.54 Å². The van der Waals surface area contributed by atoms with Crippen LogP contribution < -0.4 is 0 Å². The van der Waals surface area contributed by atoms with Crippen LogP contribution in [0, 0.1) is 0 Å². The van der Waals surface area contributed by atoms with Gasteiger partial charge in [0.05, 0.1) is 17.2 Å². The number of thiazole rings is 1. The Balaban J connectivity index is 1.38. The van der Waals surface area contributed by atoms with E-state index >= 15 is 0 Å². The highest BCUT2D eigenvalue weighted by Gasteiger charge is 2.25. The highest BCUT2D eigenvalue weighted by Crippen LogP contribution is 2.38. The lowest BCUT2D eigenvalue weighted by Gasteiger charge is -2.32. The first kappa shape index (κ1) is 13.4. The van der Waals surface area contributed by atoms with Gasteiger partial charge in [0, 0.05) is 36.3 Å². The van der Waals surface area contributed by atoms with Crippen molar-refractivity contribution in [3.63, 3.8) is 0 Å². The second kappa shape index (κ2) is 5.85. The van der Waals surface area contributed by atoms with Crippen molar-refractivity contribution in [3.8, 4) is 0 Å². The van der Waals surface area contributed by atoms with Crippen LogP contribution >= 0.6 is 11.3 Å². The third kappa shape index (κ3) is 2.87. The fourth-order valence-corrected chi connectivity index (χ4v) is 4.39. The minimum atomic E-state index is 0.472. The number of rotatable bonds is 4. The molecule has 112 valence electrons. The molecule has 3 heterocycles. The van der Waals surface area contributed by atoms with E-state index in [1.54, 1.807) is 6.20 Å². The summed E-state index contributed by atoms with van der Waals surface area (Å²) in [6.07, 6.45) is 12.3. The molecule has 5 nitrogen and oxygen atoms in total. The Kier molecular flexibility index (Phi) is 3.73. The van der Waals surface area contributed by atoms with Gasteiger partial charge in [0.1, 0.15) is 0 Å². The molecule has 0 aromatic carbocycles. The maximum absolute atomic E-state index is 4.64. The molecular formula is C15H21N5S. The largest absolute Gasteiger partial charge is 0.296 e. The van der Waals surface area contributed by atoms with Crippen LogP contribution in [0.2, 0.25) is 0 Å². The van der Waals surface area contributed by atoms with Crippen molar-refractivity contribution in [2.75, 3.05) is 13.1 Å². The van der Waals surface area contributed by atoms with Crippen LogP contribution in [0.4, 0.5) is 0 Å². The molecule has 0 amide bonds. The Morgan fingerprint density at radius 1 is 1.24 bits per heavy atom. The van der Waals surface area contributed by atoms with E-state index in [4.69, 9.17) is 0 Å². The van der Waals surface area contributed by atoms with E-state index < -0.39 is 0 Å². The molecule has 1 aliphatic heterocycles. The zero-order valence-corrected chi connectivity index (χ0v) is 13.0. The van der Waals surface area contributed by atoms with Gasteiger partial charge in [-0.05, 0) is 32.2 Å². The zero-order chi connectivity index (χ0) is 14.1. The van der Waals surface area contributed by atoms with Crippen molar-refractivity contribution >= 4 is 11.3 Å². The van der Waals surface area contributed by atoms with Crippen LogP contribution in [0.15, 0.2) is 18.6 Å². The van der Waals surface area contributed by atoms with E-state index in [1.165, 1.54) is 48.5 Å². The van der Waals surface area contributed by atoms with Gasteiger partial charge in [0.25, 0.3) is 0 Å². The normalized spacial score (nSPS) is 24.1. The molecule has 1 unspecified atom stereocenters. The Hall–Kier alpha value is -1.27. The number of hydrogen-bond acceptors (Lipinski definition) is 5. The molecule has 6 heteroatoms. The topological polar surface area (TPSA) is 46.8 Å². The summed E-state index contributed by atoms with van der Waals surface area (Å²) in [7, 11) is 0. The second-order valence-corrected chi connectivity index (χ2v) is 7.35. The zero-order valence-electron chi connectivity index (χ0n) is 12.2. The number of hydrogen-bond donors (Lipinski definition) is 0. The molecule has 1 atom stereocenters. The summed E-state index contributed by atoms with van der Waals surface area (Å²) in [5.74, 6) is 0.757. The maximum Gasteiger partial charge on any atom is 0.0959 e. The third-order valence-electron chi connectivity index (χ3n) is 4.70. The second-order valence-electron chi connectivity index (χ2n) is 6.21. The van der Waals surface area contributed by atoms with Crippen molar-refractivity contribution in [2.24, 2.45) is 0 Å². The molecule has 1 saturated heterocycles. The molecular weight excluding hydrogens is 282 g/mol. The fraction of sp³-hybridized carbons (Fsp3) is 0.667. The summed E-state index contributed by atoms with van der Waals surface area (Å²) < 4.78 is 2.01. The lowest BCUT2D eigenvalue weighted by atomic mass is 9.86. The van der Waals surface area contributed by atoms with Gasteiger partial charge < -0.3 is 0 Å². The molecule has 0 N–H and O–H groups in total. The molecule has 21 heavy (non-hydrogen) atoms. The lowest BCUT2D eigenvalue weighted by Crippen LogP contribution is -2.36. The van der Waals surface area contributed by atoms with Crippen LogP contribution in [-0.4, -0.2) is 38.0 Å². The van der Waals surface area contributed by atoms with Gasteiger partial charge in [-0.3, -0.25) is 4.90 Å². The average Bonchev–Trinajstić information content (AvgIpc) is 3.09. The van der Waals surface area contributed by atoms with E-state index in [-0.39, 0.29) is 0 Å². The molecule has 1 saturated carbocycles. The van der Waals surface area contributed by atoms with Crippen LogP contribution in [0.1, 0.15) is 53.9 Å². The average molecular weight is 303 g/mol. The van der Waals surface area contributed by atoms with Crippen molar-refractivity contribution in [2.45, 2.75) is 50.6 Å². The summed E-state index contributed by atoms with van der Waals surface area (Å²) in [5.41, 5.74) is 0. The Labute approximate surface area is 129 Å². The van der Waals surface area contributed by atoms with Gasteiger partial charge in [-0.2, -0.15) is 0 Å².